The van der Waals surface area contributed by atoms with Crippen LogP contribution in [0.5, 0.6) is 0 Å². The largest absolute Gasteiger partial charge is 0.807 e. The van der Waals surface area contributed by atoms with Gasteiger partial charge in [0.1, 0.15) is 0 Å². The van der Waals surface area contributed by atoms with Crippen LogP contribution < -0.4 is 75.2 Å². The van der Waals surface area contributed by atoms with Crippen LogP contribution in [-0.2, 0) is 9.13 Å². The summed E-state index contributed by atoms with van der Waals surface area (Å²) in [5, 5.41) is 6.65. The molecule has 4 aromatic rings. The fourth-order valence-electron chi connectivity index (χ4n) is 4.01. The van der Waals surface area contributed by atoms with Crippen molar-refractivity contribution in [1.29, 1.82) is 0 Å². The lowest BCUT2D eigenvalue weighted by Gasteiger charge is -2.29. The van der Waals surface area contributed by atoms with E-state index in [-0.39, 0.29) is 34.4 Å². The first-order chi connectivity index (χ1) is 26.3. The normalized spacial score (nSPS) is 12.5. The molecule has 0 saturated heterocycles. The minimum atomic E-state index is -4.59. The molecule has 0 spiro atoms. The molecule has 0 heterocycles. The third kappa shape index (κ3) is 20.5. The summed E-state index contributed by atoms with van der Waals surface area (Å²) in [6, 6.07) is 24.4. The summed E-state index contributed by atoms with van der Waals surface area (Å²) < 4.78 is 20.8. The van der Waals surface area contributed by atoms with E-state index in [1.54, 1.807) is 48.5 Å². The van der Waals surface area contributed by atoms with Gasteiger partial charge < -0.3 is 73.7 Å². The minimum Gasteiger partial charge on any atom is -0.807 e. The van der Waals surface area contributed by atoms with Crippen molar-refractivity contribution in [2.75, 3.05) is 35.2 Å². The number of guanidine groups is 4. The SMILES string of the molecule is NC(=NCCCCCCN=C(N)/N=C(\N)Nc1ccc(Cl)cc1)/N=C(\N)Nc1ccc(Cl)cc1.Nc1ccc(P(=O)([O-])[O-])cc1.Nc1ccc(P(=O)([O-])[O-])cc1. The van der Waals surface area contributed by atoms with Crippen molar-refractivity contribution in [2.45, 2.75) is 25.7 Å². The van der Waals surface area contributed by atoms with Gasteiger partial charge >= 0.3 is 0 Å². The molecule has 0 amide bonds. The topological polar surface area (TPSA) is 356 Å². The Morgan fingerprint density at radius 1 is 0.518 bits per heavy atom. The average molecular weight is 848 g/mol. The molecule has 18 nitrogen and oxygen atoms in total. The van der Waals surface area contributed by atoms with E-state index in [0.717, 1.165) is 37.1 Å². The number of benzene rings is 4. The second-order valence-corrected chi connectivity index (χ2v) is 15.2. The maximum absolute atomic E-state index is 10.4. The molecule has 22 heteroatoms. The van der Waals surface area contributed by atoms with Crippen LogP contribution in [0.1, 0.15) is 25.7 Å². The molecule has 0 atom stereocenters. The summed E-state index contributed by atoms with van der Waals surface area (Å²) in [5.74, 6) is 0.564. The second kappa shape index (κ2) is 23.7. The zero-order valence-corrected chi connectivity index (χ0v) is 33.1. The number of nitrogen functional groups attached to an aromatic ring is 2. The van der Waals surface area contributed by atoms with Crippen LogP contribution in [0.25, 0.3) is 0 Å². The smallest absolute Gasteiger partial charge is 0.218 e. The van der Waals surface area contributed by atoms with Gasteiger partial charge in [-0.3, -0.25) is 9.98 Å². The molecule has 0 aliphatic rings. The summed E-state index contributed by atoms with van der Waals surface area (Å²) in [7, 11) is -9.19. The third-order valence-electron chi connectivity index (χ3n) is 6.74. The Balaban J connectivity index is 0.000000395. The van der Waals surface area contributed by atoms with E-state index >= 15 is 0 Å². The predicted molar refractivity (Wildman–Crippen MR) is 221 cm³/mol. The van der Waals surface area contributed by atoms with Crippen LogP contribution in [0, 0.1) is 0 Å². The van der Waals surface area contributed by atoms with E-state index in [1.165, 1.54) is 48.5 Å². The standard InChI is InChI=1S/C22H30Cl2N10.2C6H8NO3P/c23-15-5-9-17(10-6-15)31-21(27)33-19(25)29-13-3-1-2-4-14-30-20(26)34-22(28)32-18-11-7-16(24)8-12-18;2*7-5-1-3-6(4-2-5)11(8,9)10/h5-12H,1-4,13-14H2,(H5,25,27,29,31,33)(H5,26,28,30,32,34);2*1-4H,7H2,(H2,8,9,10)/p-4. The first-order valence-corrected chi connectivity index (χ1v) is 20.3. The Labute approximate surface area is 334 Å². The number of nitrogens with zero attached hydrogens (tertiary/aromatic N) is 4. The van der Waals surface area contributed by atoms with Crippen molar-refractivity contribution in [3.05, 3.63) is 107 Å². The van der Waals surface area contributed by atoms with Crippen molar-refractivity contribution in [3.63, 3.8) is 0 Å². The Morgan fingerprint density at radius 3 is 1.11 bits per heavy atom. The first kappa shape index (κ1) is 47.0. The highest BCUT2D eigenvalue weighted by Gasteiger charge is 2.00. The number of hydrogen-bond acceptors (Lipinski definition) is 10. The molecule has 0 aromatic heterocycles. The summed E-state index contributed by atoms with van der Waals surface area (Å²) in [5.41, 5.74) is 36.2. The van der Waals surface area contributed by atoms with E-state index in [4.69, 9.17) is 57.6 Å². The maximum atomic E-state index is 10.4. The number of nitrogens with two attached hydrogens (primary N) is 6. The van der Waals surface area contributed by atoms with Gasteiger partial charge in [0.05, 0.1) is 0 Å². The maximum Gasteiger partial charge on any atom is 0.218 e. The van der Waals surface area contributed by atoms with Crippen molar-refractivity contribution in [1.82, 2.24) is 0 Å². The lowest BCUT2D eigenvalue weighted by molar-refractivity contribution is -0.309. The van der Waals surface area contributed by atoms with E-state index in [9.17, 15) is 28.7 Å². The molecule has 0 aliphatic heterocycles. The fourth-order valence-corrected chi connectivity index (χ4v) is 5.29. The predicted octanol–water partition coefficient (Wildman–Crippen LogP) is 0.952. The highest BCUT2D eigenvalue weighted by atomic mass is 35.5. The third-order valence-corrected chi connectivity index (χ3v) is 9.10. The van der Waals surface area contributed by atoms with Crippen LogP contribution in [0.2, 0.25) is 10.0 Å². The number of halogens is 2. The summed E-state index contributed by atoms with van der Waals surface area (Å²) >= 11 is 11.7. The van der Waals surface area contributed by atoms with Gasteiger partial charge in [-0.1, -0.05) is 60.3 Å². The van der Waals surface area contributed by atoms with Gasteiger partial charge in [0.15, 0.2) is 0 Å². The molecule has 302 valence electrons. The van der Waals surface area contributed by atoms with Crippen LogP contribution in [0.3, 0.4) is 0 Å². The molecule has 14 N–H and O–H groups in total. The second-order valence-electron chi connectivity index (χ2n) is 11.3. The molecule has 0 aliphatic carbocycles. The highest BCUT2D eigenvalue weighted by molar-refractivity contribution is 7.57. The molecular formula is C34H42Cl2N12O6P2-4. The number of nitrogens with one attached hydrogen (secondary N) is 2. The van der Waals surface area contributed by atoms with Gasteiger partial charge in [0, 0.05) is 45.9 Å². The Morgan fingerprint density at radius 2 is 0.821 bits per heavy atom. The van der Waals surface area contributed by atoms with Gasteiger partial charge in [0.25, 0.3) is 0 Å². The van der Waals surface area contributed by atoms with E-state index in [0.29, 0.717) is 34.5 Å². The molecule has 0 radical (unpaired) electrons. The number of rotatable bonds is 11. The van der Waals surface area contributed by atoms with Crippen LogP contribution in [-0.4, -0.2) is 36.9 Å². The number of anilines is 4. The Kier molecular flexibility index (Phi) is 19.9. The lowest BCUT2D eigenvalue weighted by atomic mass is 10.2. The van der Waals surface area contributed by atoms with Crippen molar-refractivity contribution in [3.8, 4) is 0 Å². The van der Waals surface area contributed by atoms with Crippen molar-refractivity contribution < 1.29 is 28.7 Å². The Bertz CT molecular complexity index is 1880. The molecule has 4 rings (SSSR count). The molecule has 0 saturated carbocycles. The first-order valence-electron chi connectivity index (χ1n) is 16.4. The summed E-state index contributed by atoms with van der Waals surface area (Å²) in [6.45, 7) is 1.12. The molecule has 0 bridgehead atoms. The number of aliphatic imine (C=N–C) groups is 4. The van der Waals surface area contributed by atoms with Gasteiger partial charge in [-0.25, -0.2) is 0 Å². The lowest BCUT2D eigenvalue weighted by Crippen LogP contribution is -2.26. The number of hydrogen-bond donors (Lipinski definition) is 8. The van der Waals surface area contributed by atoms with E-state index < -0.39 is 15.2 Å². The van der Waals surface area contributed by atoms with Crippen LogP contribution in [0.4, 0.5) is 22.7 Å². The van der Waals surface area contributed by atoms with E-state index in [1.807, 2.05) is 0 Å². The van der Waals surface area contributed by atoms with Gasteiger partial charge in [-0.15, -0.1) is 0 Å². The van der Waals surface area contributed by atoms with Crippen LogP contribution >= 0.6 is 38.4 Å². The highest BCUT2D eigenvalue weighted by Crippen LogP contribution is 2.23. The van der Waals surface area contributed by atoms with E-state index in [2.05, 4.69) is 30.6 Å². The molecule has 0 fully saturated rings. The fraction of sp³-hybridized carbons (Fsp3) is 0.176. The van der Waals surface area contributed by atoms with Crippen LogP contribution in [0.15, 0.2) is 117 Å². The molecule has 56 heavy (non-hydrogen) atoms. The Hall–Kier alpha value is -5.16. The van der Waals surface area contributed by atoms with Crippen molar-refractivity contribution >= 4 is 95.6 Å². The molecule has 4 aromatic carbocycles. The monoisotopic (exact) mass is 846 g/mol. The van der Waals surface area contributed by atoms with Gasteiger partial charge in [-0.05, 0) is 111 Å². The summed E-state index contributed by atoms with van der Waals surface area (Å²) in [6.07, 6.45) is 3.68. The minimum absolute atomic E-state index is 0.124. The zero-order valence-electron chi connectivity index (χ0n) is 29.8. The molecular weight excluding hydrogens is 805 g/mol. The molecule has 0 unspecified atom stereocenters. The number of unbranched alkanes of at least 4 members (excludes halogenated alkanes) is 3. The quantitative estimate of drug-likeness (QED) is 0.0343. The van der Waals surface area contributed by atoms with Crippen molar-refractivity contribution in [2.24, 2.45) is 42.9 Å². The zero-order chi connectivity index (χ0) is 41.7. The van der Waals surface area contributed by atoms with Gasteiger partial charge in [0.2, 0.25) is 23.8 Å². The average Bonchev–Trinajstić information content (AvgIpc) is 3.11. The van der Waals surface area contributed by atoms with Gasteiger partial charge in [-0.2, -0.15) is 9.98 Å². The summed E-state index contributed by atoms with van der Waals surface area (Å²) in [4.78, 5) is 58.0.